The number of fused-ring (bicyclic) bond motifs is 1. The fourth-order valence-electron chi connectivity index (χ4n) is 2.68. The van der Waals surface area contributed by atoms with Gasteiger partial charge in [-0.25, -0.2) is 8.42 Å². The van der Waals surface area contributed by atoms with Crippen molar-refractivity contribution in [3.63, 3.8) is 0 Å². The molecule has 6 nitrogen and oxygen atoms in total. The Labute approximate surface area is 165 Å². The van der Waals surface area contributed by atoms with Crippen molar-refractivity contribution in [3.05, 3.63) is 82.5 Å². The van der Waals surface area contributed by atoms with Crippen LogP contribution in [0.4, 0.5) is 10.8 Å². The van der Waals surface area contributed by atoms with E-state index in [1.807, 2.05) is 30.3 Å². The lowest BCUT2D eigenvalue weighted by atomic mass is 10.0. The van der Waals surface area contributed by atoms with Crippen molar-refractivity contribution in [2.45, 2.75) is 4.90 Å². The Morgan fingerprint density at radius 3 is 2.57 bits per heavy atom. The number of aromatic hydroxyl groups is 1. The van der Waals surface area contributed by atoms with E-state index >= 15 is 0 Å². The number of thiazole rings is 1. The summed E-state index contributed by atoms with van der Waals surface area (Å²) in [6.45, 7) is 0. The van der Waals surface area contributed by atoms with E-state index in [0.717, 1.165) is 22.1 Å². The van der Waals surface area contributed by atoms with Crippen LogP contribution in [-0.4, -0.2) is 24.7 Å². The lowest BCUT2D eigenvalue weighted by Gasteiger charge is -2.11. The van der Waals surface area contributed by atoms with Crippen LogP contribution in [0.1, 0.15) is 5.56 Å². The highest BCUT2D eigenvalue weighted by atomic mass is 32.2. The van der Waals surface area contributed by atoms with Crippen LogP contribution in [0.15, 0.2) is 82.1 Å². The second kappa shape index (κ2) is 7.41. The van der Waals surface area contributed by atoms with Crippen LogP contribution in [0.3, 0.4) is 0 Å². The molecule has 1 N–H and O–H groups in total. The van der Waals surface area contributed by atoms with Crippen molar-refractivity contribution in [2.24, 2.45) is 4.99 Å². The number of hydrogen-bond acceptors (Lipinski definition) is 6. The normalized spacial score (nSPS) is 11.9. The van der Waals surface area contributed by atoms with Gasteiger partial charge >= 0.3 is 0 Å². The minimum absolute atomic E-state index is 0.0645. The smallest absolute Gasteiger partial charge is 0.202 e. The zero-order valence-electron chi connectivity index (χ0n) is 14.4. The third kappa shape index (κ3) is 3.73. The summed E-state index contributed by atoms with van der Waals surface area (Å²) in [4.78, 5) is 8.30. The van der Waals surface area contributed by atoms with Crippen molar-refractivity contribution in [1.29, 1.82) is 0 Å². The minimum atomic E-state index is -3.82. The average Bonchev–Trinajstić information content (AvgIpc) is 3.20. The molecule has 0 bridgehead atoms. The Morgan fingerprint density at radius 2 is 1.82 bits per heavy atom. The number of aromatic nitrogens is 1. The predicted molar refractivity (Wildman–Crippen MR) is 112 cm³/mol. The van der Waals surface area contributed by atoms with Gasteiger partial charge in [0.05, 0.1) is 10.6 Å². The van der Waals surface area contributed by atoms with Crippen LogP contribution in [-0.2, 0) is 10.0 Å². The van der Waals surface area contributed by atoms with Crippen molar-refractivity contribution in [3.8, 4) is 5.75 Å². The number of phenolic OH excluding ortho intramolecular Hbond substituents is 1. The Bertz CT molecular complexity index is 1250. The predicted octanol–water partition coefficient (Wildman–Crippen LogP) is 5.15. The molecule has 140 valence electrons. The third-order valence-electron chi connectivity index (χ3n) is 4.04. The van der Waals surface area contributed by atoms with Gasteiger partial charge in [0.2, 0.25) is 10.0 Å². The zero-order chi connectivity index (χ0) is 19.6. The van der Waals surface area contributed by atoms with Crippen LogP contribution in [0.25, 0.3) is 15.5 Å². The summed E-state index contributed by atoms with van der Waals surface area (Å²) in [6, 6.07) is 17.2. The van der Waals surface area contributed by atoms with Gasteiger partial charge < -0.3 is 14.8 Å². The number of rotatable bonds is 5. The Morgan fingerprint density at radius 1 is 1.04 bits per heavy atom. The quantitative estimate of drug-likeness (QED) is 0.462. The van der Waals surface area contributed by atoms with E-state index in [2.05, 4.69) is 14.7 Å². The molecule has 1 aromatic heterocycles. The van der Waals surface area contributed by atoms with E-state index in [1.165, 1.54) is 18.3 Å². The first-order valence-electron chi connectivity index (χ1n) is 8.25. The maximum atomic E-state index is 12.3. The van der Waals surface area contributed by atoms with E-state index in [-0.39, 0.29) is 15.8 Å². The Balaban J connectivity index is 1.60. The molecular formula is C20H14N3O3S2-. The minimum Gasteiger partial charge on any atom is -0.507 e. The first-order chi connectivity index (χ1) is 13.5. The molecule has 0 saturated heterocycles. The lowest BCUT2D eigenvalue weighted by Crippen LogP contribution is -1.96. The highest BCUT2D eigenvalue weighted by molar-refractivity contribution is 7.94. The molecule has 0 aliphatic heterocycles. The summed E-state index contributed by atoms with van der Waals surface area (Å²) in [5.74, 6) is 0.129. The Kier molecular flexibility index (Phi) is 4.81. The molecule has 8 heteroatoms. The molecule has 4 rings (SSSR count). The fourth-order valence-corrected chi connectivity index (χ4v) is 4.35. The second-order valence-corrected chi connectivity index (χ2v) is 8.33. The molecule has 0 unspecified atom stereocenters. The van der Waals surface area contributed by atoms with Crippen LogP contribution in [0, 0.1) is 0 Å². The van der Waals surface area contributed by atoms with Gasteiger partial charge in [0.25, 0.3) is 0 Å². The maximum absolute atomic E-state index is 12.3. The summed E-state index contributed by atoms with van der Waals surface area (Å²) < 4.78 is 28.3. The molecule has 3 aromatic carbocycles. The number of benzene rings is 3. The summed E-state index contributed by atoms with van der Waals surface area (Å²) >= 11 is 1.15. The number of aliphatic imine (C=N–C) groups is 1. The van der Waals surface area contributed by atoms with Gasteiger partial charge in [-0.05, 0) is 46.5 Å². The van der Waals surface area contributed by atoms with Crippen LogP contribution in [0.5, 0.6) is 5.75 Å². The summed E-state index contributed by atoms with van der Waals surface area (Å²) in [6.07, 6.45) is 3.07. The van der Waals surface area contributed by atoms with Gasteiger partial charge in [-0.3, -0.25) is 4.99 Å². The van der Waals surface area contributed by atoms with Crippen molar-refractivity contribution < 1.29 is 13.5 Å². The summed E-state index contributed by atoms with van der Waals surface area (Å²) in [5, 5.41) is 13.9. The molecule has 28 heavy (non-hydrogen) atoms. The van der Waals surface area contributed by atoms with Gasteiger partial charge in [-0.1, -0.05) is 36.5 Å². The molecule has 4 aromatic rings. The average molecular weight is 408 g/mol. The number of hydrogen-bond donors (Lipinski definition) is 1. The van der Waals surface area contributed by atoms with Crippen molar-refractivity contribution in [2.75, 3.05) is 0 Å². The molecule has 0 amide bonds. The van der Waals surface area contributed by atoms with Crippen molar-refractivity contribution in [1.82, 2.24) is 4.98 Å². The van der Waals surface area contributed by atoms with E-state index < -0.39 is 10.0 Å². The van der Waals surface area contributed by atoms with E-state index in [0.29, 0.717) is 11.3 Å². The second-order valence-electron chi connectivity index (χ2n) is 5.85. The fraction of sp³-hybridized carbons (Fsp3) is 0. The maximum Gasteiger partial charge on any atom is 0.202 e. The molecule has 0 saturated carbocycles. The topological polar surface area (TPSA) is 93.7 Å². The standard InChI is InChI=1S/C20H14N3O3S2/c24-19-10-5-14-3-1-2-4-17(14)18(19)13-22-15-6-8-16(9-7-15)28(25,26)23-20-21-11-12-27-20/h1-13H,(H-,21,22,23,24)/q-1. The highest BCUT2D eigenvalue weighted by Crippen LogP contribution is 2.30. The van der Waals surface area contributed by atoms with Gasteiger partial charge in [0.1, 0.15) is 5.75 Å². The molecule has 0 radical (unpaired) electrons. The van der Waals surface area contributed by atoms with Crippen molar-refractivity contribution >= 4 is 49.2 Å². The molecule has 1 heterocycles. The van der Waals surface area contributed by atoms with Gasteiger partial charge in [-0.2, -0.15) is 11.3 Å². The lowest BCUT2D eigenvalue weighted by molar-refractivity contribution is 0.475. The molecule has 0 aliphatic carbocycles. The largest absolute Gasteiger partial charge is 0.507 e. The van der Waals surface area contributed by atoms with E-state index in [1.54, 1.807) is 29.8 Å². The van der Waals surface area contributed by atoms with Gasteiger partial charge in [0.15, 0.2) is 0 Å². The molecule has 0 atom stereocenters. The zero-order valence-corrected chi connectivity index (χ0v) is 16.1. The summed E-state index contributed by atoms with van der Waals surface area (Å²) in [5.41, 5.74) is 1.16. The highest BCUT2D eigenvalue weighted by Gasteiger charge is 2.10. The van der Waals surface area contributed by atoms with Gasteiger partial charge in [0, 0.05) is 16.9 Å². The molecule has 0 fully saturated rings. The van der Waals surface area contributed by atoms with Crippen LogP contribution in [0.2, 0.25) is 0 Å². The van der Waals surface area contributed by atoms with Gasteiger partial charge in [-0.15, -0.1) is 0 Å². The third-order valence-corrected chi connectivity index (χ3v) is 6.10. The molecular weight excluding hydrogens is 394 g/mol. The SMILES string of the molecule is O=S(=O)([N-]c1nccs1)c1ccc(N=Cc2c(O)ccc3ccccc23)cc1. The molecule has 0 spiro atoms. The monoisotopic (exact) mass is 408 g/mol. The molecule has 0 aliphatic rings. The van der Waals surface area contributed by atoms with Crippen LogP contribution < -0.4 is 0 Å². The number of nitrogens with zero attached hydrogens (tertiary/aromatic N) is 3. The number of phenols is 1. The number of sulfonamides is 1. The van der Waals surface area contributed by atoms with E-state index in [4.69, 9.17) is 0 Å². The first kappa shape index (κ1) is 18.1. The summed E-state index contributed by atoms with van der Waals surface area (Å²) in [7, 11) is -3.82. The van der Waals surface area contributed by atoms with Crippen LogP contribution >= 0.6 is 11.3 Å². The Hall–Kier alpha value is -3.23. The first-order valence-corrected chi connectivity index (χ1v) is 10.6. The van der Waals surface area contributed by atoms with E-state index in [9.17, 15) is 13.5 Å².